The number of fused-ring (bicyclic) bond motifs is 1. The summed E-state index contributed by atoms with van der Waals surface area (Å²) < 4.78 is 2.30. The maximum absolute atomic E-state index is 2.30. The molecule has 0 radical (unpaired) electrons. The van der Waals surface area contributed by atoms with E-state index in [-0.39, 0.29) is 0 Å². The van der Waals surface area contributed by atoms with Crippen LogP contribution in [0.5, 0.6) is 0 Å². The number of benzene rings is 4. The zero-order valence-corrected chi connectivity index (χ0v) is 20.9. The Morgan fingerprint density at radius 1 is 0.657 bits per heavy atom. The highest BCUT2D eigenvalue weighted by molar-refractivity contribution is 6.37. The van der Waals surface area contributed by atoms with Crippen molar-refractivity contribution in [1.29, 1.82) is 0 Å². The van der Waals surface area contributed by atoms with Gasteiger partial charge in [0.05, 0.1) is 5.57 Å². The van der Waals surface area contributed by atoms with Crippen LogP contribution in [-0.2, 0) is 0 Å². The predicted octanol–water partition coefficient (Wildman–Crippen LogP) is 7.46. The van der Waals surface area contributed by atoms with Crippen LogP contribution in [-0.4, -0.2) is 31.4 Å². The van der Waals surface area contributed by atoms with Gasteiger partial charge in [0.15, 0.2) is 0 Å². The van der Waals surface area contributed by atoms with E-state index in [4.69, 9.17) is 0 Å². The molecule has 0 aromatic heterocycles. The average molecular weight is 456 g/mol. The second kappa shape index (κ2) is 9.60. The van der Waals surface area contributed by atoms with E-state index in [2.05, 4.69) is 153 Å². The zero-order valence-electron chi connectivity index (χ0n) is 20.9. The van der Waals surface area contributed by atoms with Crippen molar-refractivity contribution in [2.75, 3.05) is 26.0 Å². The van der Waals surface area contributed by atoms with E-state index in [0.29, 0.717) is 0 Å². The zero-order chi connectivity index (χ0) is 24.4. The number of rotatable bonds is 4. The monoisotopic (exact) mass is 455 g/mol. The quantitative estimate of drug-likeness (QED) is 0.289. The van der Waals surface area contributed by atoms with Crippen LogP contribution in [0.1, 0.15) is 27.8 Å². The van der Waals surface area contributed by atoms with Crippen LogP contribution in [0.2, 0.25) is 0 Å². The Labute approximate surface area is 208 Å². The molecule has 0 saturated carbocycles. The van der Waals surface area contributed by atoms with Gasteiger partial charge in [-0.05, 0) is 47.4 Å². The number of nitrogens with zero attached hydrogens (tertiary/aromatic N) is 2. The molecule has 2 nitrogen and oxygen atoms in total. The lowest BCUT2D eigenvalue weighted by atomic mass is 9.82. The Morgan fingerprint density at radius 2 is 1.26 bits per heavy atom. The Hall–Kier alpha value is -4.17. The largest absolute Gasteiger partial charge is 0.378 e. The molecule has 0 aliphatic heterocycles. The molecule has 4 aromatic rings. The molecule has 0 saturated heterocycles. The van der Waals surface area contributed by atoms with Gasteiger partial charge in [0.2, 0.25) is 11.4 Å². The summed E-state index contributed by atoms with van der Waals surface area (Å²) in [6.45, 7) is 2.14. The highest BCUT2D eigenvalue weighted by Gasteiger charge is 2.28. The smallest absolute Gasteiger partial charge is 0.214 e. The Kier molecular flexibility index (Phi) is 6.20. The summed E-state index contributed by atoms with van der Waals surface area (Å²) in [4.78, 5) is 2.14. The molecule has 2 heteroatoms. The molecule has 0 unspecified atom stereocenters. The third kappa shape index (κ3) is 4.48. The van der Waals surface area contributed by atoms with E-state index in [1.54, 1.807) is 0 Å². The molecular weight excluding hydrogens is 424 g/mol. The molecule has 0 heterocycles. The molecule has 0 amide bonds. The fourth-order valence-corrected chi connectivity index (χ4v) is 4.69. The van der Waals surface area contributed by atoms with Crippen molar-refractivity contribution in [3.05, 3.63) is 137 Å². The van der Waals surface area contributed by atoms with Gasteiger partial charge in [-0.25, -0.2) is 0 Å². The third-order valence-electron chi connectivity index (χ3n) is 6.67. The molecule has 0 fully saturated rings. The minimum atomic E-state index is 1.16. The average Bonchev–Trinajstić information content (AvgIpc) is 2.90. The van der Waals surface area contributed by atoms with Gasteiger partial charge in [0, 0.05) is 43.6 Å². The summed E-state index contributed by atoms with van der Waals surface area (Å²) >= 11 is 0. The molecule has 0 N–H and O–H groups in total. The summed E-state index contributed by atoms with van der Waals surface area (Å²) in [6, 6.07) is 37.1. The third-order valence-corrected chi connectivity index (χ3v) is 6.67. The lowest BCUT2D eigenvalue weighted by Gasteiger charge is -2.21. The van der Waals surface area contributed by atoms with Crippen molar-refractivity contribution in [2.45, 2.75) is 6.92 Å². The lowest BCUT2D eigenvalue weighted by molar-refractivity contribution is -0.402. The van der Waals surface area contributed by atoms with Crippen molar-refractivity contribution < 1.29 is 4.58 Å². The van der Waals surface area contributed by atoms with Gasteiger partial charge in [-0.2, -0.15) is 4.58 Å². The highest BCUT2D eigenvalue weighted by Crippen LogP contribution is 2.38. The van der Waals surface area contributed by atoms with Gasteiger partial charge >= 0.3 is 0 Å². The normalized spacial score (nSPS) is 15.4. The first-order chi connectivity index (χ1) is 17.0. The van der Waals surface area contributed by atoms with Crippen molar-refractivity contribution >= 4 is 34.3 Å². The summed E-state index contributed by atoms with van der Waals surface area (Å²) in [5, 5.41) is 0. The Bertz CT molecular complexity index is 1440. The molecule has 0 bridgehead atoms. The van der Waals surface area contributed by atoms with Crippen molar-refractivity contribution in [3.63, 3.8) is 0 Å². The molecule has 172 valence electrons. The first-order valence-corrected chi connectivity index (χ1v) is 12.1. The molecule has 1 aliphatic rings. The van der Waals surface area contributed by atoms with E-state index in [9.17, 15) is 0 Å². The van der Waals surface area contributed by atoms with E-state index >= 15 is 0 Å². The van der Waals surface area contributed by atoms with Crippen LogP contribution in [0.4, 0.5) is 11.4 Å². The SMILES string of the molecule is Cc1ccc(/C(=C2/C(=[N+](C)c3ccccc3)C=Cc3ccccc32)c2ccc(N(C)C)cc2)cc1. The Balaban J connectivity index is 1.87. The fraction of sp³-hybridized carbons (Fsp3) is 0.121. The standard InChI is InChI=1S/C33H31N2/c1-24-14-16-26(17-15-24)32(27-18-21-28(22-19-27)34(2)3)33-30-13-9-8-10-25(30)20-23-31(33)35(4)29-11-6-5-7-12-29/h5-23H,1-4H3/q+1. The minimum absolute atomic E-state index is 1.16. The second-order valence-electron chi connectivity index (χ2n) is 9.26. The number of anilines is 1. The molecular formula is C33H31N2+. The Morgan fingerprint density at radius 3 is 1.91 bits per heavy atom. The first kappa shape index (κ1) is 22.6. The van der Waals surface area contributed by atoms with E-state index in [0.717, 1.165) is 5.69 Å². The minimum Gasteiger partial charge on any atom is -0.378 e. The van der Waals surface area contributed by atoms with Gasteiger partial charge in [-0.15, -0.1) is 0 Å². The maximum Gasteiger partial charge on any atom is 0.214 e. The molecule has 35 heavy (non-hydrogen) atoms. The van der Waals surface area contributed by atoms with E-state index in [1.807, 2.05) is 0 Å². The second-order valence-corrected chi connectivity index (χ2v) is 9.26. The molecule has 0 spiro atoms. The van der Waals surface area contributed by atoms with Gasteiger partial charge in [-0.1, -0.05) is 84.4 Å². The number of allylic oxidation sites excluding steroid dienone is 2. The molecule has 1 aliphatic carbocycles. The van der Waals surface area contributed by atoms with E-state index in [1.165, 1.54) is 50.4 Å². The highest BCUT2D eigenvalue weighted by atomic mass is 15.1. The van der Waals surface area contributed by atoms with Crippen LogP contribution >= 0.6 is 0 Å². The molecule has 4 aromatic carbocycles. The number of para-hydroxylation sites is 1. The van der Waals surface area contributed by atoms with Crippen molar-refractivity contribution in [1.82, 2.24) is 0 Å². The first-order valence-electron chi connectivity index (χ1n) is 12.1. The summed E-state index contributed by atoms with van der Waals surface area (Å²) in [7, 11) is 6.32. The van der Waals surface area contributed by atoms with Crippen LogP contribution < -0.4 is 4.90 Å². The number of hydrogen-bond donors (Lipinski definition) is 0. The van der Waals surface area contributed by atoms with Gasteiger partial charge in [-0.3, -0.25) is 0 Å². The number of hydrogen-bond acceptors (Lipinski definition) is 1. The van der Waals surface area contributed by atoms with Crippen LogP contribution in [0, 0.1) is 6.92 Å². The number of aryl methyl sites for hydroxylation is 1. The molecule has 0 atom stereocenters. The van der Waals surface area contributed by atoms with Gasteiger partial charge in [0.1, 0.15) is 7.05 Å². The van der Waals surface area contributed by atoms with Crippen LogP contribution in [0.3, 0.4) is 0 Å². The van der Waals surface area contributed by atoms with Crippen molar-refractivity contribution in [3.8, 4) is 0 Å². The lowest BCUT2D eigenvalue weighted by Crippen LogP contribution is -2.18. The van der Waals surface area contributed by atoms with Gasteiger partial charge in [0.25, 0.3) is 0 Å². The van der Waals surface area contributed by atoms with Gasteiger partial charge < -0.3 is 4.90 Å². The van der Waals surface area contributed by atoms with Crippen LogP contribution in [0.25, 0.3) is 17.2 Å². The summed E-state index contributed by atoms with van der Waals surface area (Å²) in [5.74, 6) is 0. The van der Waals surface area contributed by atoms with Crippen LogP contribution in [0.15, 0.2) is 109 Å². The predicted molar refractivity (Wildman–Crippen MR) is 151 cm³/mol. The molecule has 5 rings (SSSR count). The maximum atomic E-state index is 2.30. The summed E-state index contributed by atoms with van der Waals surface area (Å²) in [6.07, 6.45) is 4.49. The van der Waals surface area contributed by atoms with Crippen molar-refractivity contribution in [2.24, 2.45) is 0 Å². The summed E-state index contributed by atoms with van der Waals surface area (Å²) in [5.41, 5.74) is 12.2. The van der Waals surface area contributed by atoms with E-state index < -0.39 is 0 Å². The fourth-order valence-electron chi connectivity index (χ4n) is 4.69. The topological polar surface area (TPSA) is 6.25 Å².